The van der Waals surface area contributed by atoms with E-state index in [-0.39, 0.29) is 10.8 Å². The third-order valence-corrected chi connectivity index (χ3v) is 12.4. The van der Waals surface area contributed by atoms with Crippen LogP contribution in [0.25, 0.3) is 55.2 Å². The van der Waals surface area contributed by atoms with Crippen molar-refractivity contribution in [2.24, 2.45) is 0 Å². The molecule has 0 saturated heterocycles. The number of fused-ring (bicyclic) bond motifs is 6. The third kappa shape index (κ3) is 5.82. The number of nitrogens with one attached hydrogen (secondary N) is 1. The molecule has 0 aliphatic rings. The van der Waals surface area contributed by atoms with Crippen molar-refractivity contribution in [3.8, 4) is 11.6 Å². The summed E-state index contributed by atoms with van der Waals surface area (Å²) < 4.78 is 4.64. The minimum atomic E-state index is -0.733. The molecule has 0 unspecified atom stereocenters. The summed E-state index contributed by atoms with van der Waals surface area (Å²) in [5.41, 5.74) is 12.1. The van der Waals surface area contributed by atoms with Crippen LogP contribution in [0.4, 0.5) is 0 Å². The van der Waals surface area contributed by atoms with E-state index in [2.05, 4.69) is 214 Å². The van der Waals surface area contributed by atoms with E-state index in [0.29, 0.717) is 0 Å². The van der Waals surface area contributed by atoms with Gasteiger partial charge < -0.3 is 0 Å². The molecule has 0 atom stereocenters. The molecule has 0 spiro atoms. The summed E-state index contributed by atoms with van der Waals surface area (Å²) in [6.45, 7) is 15.8. The van der Waals surface area contributed by atoms with E-state index < -0.39 is 5.41 Å². The van der Waals surface area contributed by atoms with Gasteiger partial charge in [0.15, 0.2) is 5.82 Å². The van der Waals surface area contributed by atoms with Crippen LogP contribution in [0.2, 0.25) is 0 Å². The van der Waals surface area contributed by atoms with Gasteiger partial charge in [0.05, 0.1) is 27.5 Å². The largest absolute Gasteiger partial charge is 0.294 e. The highest BCUT2D eigenvalue weighted by atomic mass is 15.2. The SMILES string of the molecule is Cc1cc(-n2c3ccccc3c3ccc(C(c4ccc(C(C)(C)C)cc4)(c4ccc(C(C)(C)C)cc4)c4ccc5c6ccccc6n(-c6ccccn6)c5c4)cc32)n[nH]1. The topological polar surface area (TPSA) is 51.4 Å². The van der Waals surface area contributed by atoms with E-state index in [1.54, 1.807) is 0 Å². The summed E-state index contributed by atoms with van der Waals surface area (Å²) in [6, 6.07) is 58.7. The van der Waals surface area contributed by atoms with E-state index in [1.807, 2.05) is 12.3 Å². The Morgan fingerprint density at radius 1 is 0.407 bits per heavy atom. The van der Waals surface area contributed by atoms with Crippen LogP contribution in [0.1, 0.15) is 80.6 Å². The van der Waals surface area contributed by atoms with Crippen LogP contribution in [0, 0.1) is 6.92 Å². The molecular formula is C54H49N5. The minimum absolute atomic E-state index is 0.000382. The Kier molecular flexibility index (Phi) is 8.33. The lowest BCUT2D eigenvalue weighted by molar-refractivity contribution is 0.588. The van der Waals surface area contributed by atoms with Gasteiger partial charge in [-0.1, -0.05) is 157 Å². The number of aryl methyl sites for hydroxylation is 1. The molecule has 5 nitrogen and oxygen atoms in total. The third-order valence-electron chi connectivity index (χ3n) is 12.4. The molecule has 5 heteroatoms. The molecule has 0 saturated carbocycles. The maximum Gasteiger partial charge on any atom is 0.159 e. The molecule has 0 fully saturated rings. The fourth-order valence-electron chi connectivity index (χ4n) is 9.35. The maximum absolute atomic E-state index is 4.90. The van der Waals surface area contributed by atoms with Gasteiger partial charge >= 0.3 is 0 Å². The van der Waals surface area contributed by atoms with Crippen LogP contribution in [0.15, 0.2) is 164 Å². The molecule has 4 heterocycles. The molecular weight excluding hydrogens is 719 g/mol. The summed E-state index contributed by atoms with van der Waals surface area (Å²) in [6.07, 6.45) is 1.88. The van der Waals surface area contributed by atoms with Crippen molar-refractivity contribution in [3.63, 3.8) is 0 Å². The number of nitrogens with zero attached hydrogens (tertiary/aromatic N) is 4. The van der Waals surface area contributed by atoms with Gasteiger partial charge in [0.1, 0.15) is 5.82 Å². The zero-order valence-electron chi connectivity index (χ0n) is 34.9. The van der Waals surface area contributed by atoms with E-state index in [4.69, 9.17) is 10.1 Å². The molecule has 0 bridgehead atoms. The van der Waals surface area contributed by atoms with Gasteiger partial charge in [-0.2, -0.15) is 5.10 Å². The van der Waals surface area contributed by atoms with Gasteiger partial charge in [0.2, 0.25) is 0 Å². The molecule has 0 amide bonds. The molecule has 10 aromatic rings. The Bertz CT molecular complexity index is 3110. The van der Waals surface area contributed by atoms with Crippen molar-refractivity contribution in [3.05, 3.63) is 203 Å². The van der Waals surface area contributed by atoms with Gasteiger partial charge in [0.25, 0.3) is 0 Å². The number of benzene rings is 6. The molecule has 10 rings (SSSR count). The second kappa shape index (κ2) is 13.4. The van der Waals surface area contributed by atoms with Crippen LogP contribution < -0.4 is 0 Å². The lowest BCUT2D eigenvalue weighted by atomic mass is 9.64. The van der Waals surface area contributed by atoms with Crippen molar-refractivity contribution >= 4 is 43.6 Å². The Morgan fingerprint density at radius 2 is 0.831 bits per heavy atom. The Labute approximate surface area is 346 Å². The Morgan fingerprint density at radius 3 is 1.27 bits per heavy atom. The standard InChI is InChI=1S/C54H49N5/c1-35-32-51(57-56-35)59-47-17-11-9-15-43(47)45-30-28-41(34-49(45)59)54(38-23-19-36(20-24-38)52(2,3)4,39-25-21-37(22-26-39)53(5,6)7)40-27-29-44-42-14-8-10-16-46(42)58(48(44)33-40)50-18-12-13-31-55-50/h8-34H,1-7H3,(H,56,57). The Hall–Kier alpha value is -6.72. The van der Waals surface area contributed by atoms with Gasteiger partial charge in [-0.15, -0.1) is 0 Å². The van der Waals surface area contributed by atoms with Crippen molar-refractivity contribution in [1.82, 2.24) is 24.3 Å². The smallest absolute Gasteiger partial charge is 0.159 e. The highest BCUT2D eigenvalue weighted by Crippen LogP contribution is 2.49. The molecule has 0 aliphatic carbocycles. The lowest BCUT2D eigenvalue weighted by Crippen LogP contribution is -2.31. The zero-order chi connectivity index (χ0) is 40.7. The quantitative estimate of drug-likeness (QED) is 0.171. The number of aromatic amines is 1. The first-order chi connectivity index (χ1) is 28.4. The van der Waals surface area contributed by atoms with Crippen LogP contribution in [-0.4, -0.2) is 24.3 Å². The van der Waals surface area contributed by atoms with Gasteiger partial charge in [0, 0.05) is 39.5 Å². The normalized spacial score (nSPS) is 12.7. The summed E-state index contributed by atoms with van der Waals surface area (Å²) in [5.74, 6) is 1.77. The fraction of sp³-hybridized carbons (Fsp3) is 0.185. The number of aromatic nitrogens is 5. The monoisotopic (exact) mass is 767 g/mol. The number of hydrogen-bond donors (Lipinski definition) is 1. The first-order valence-corrected chi connectivity index (χ1v) is 20.7. The maximum atomic E-state index is 4.90. The fourth-order valence-corrected chi connectivity index (χ4v) is 9.35. The van der Waals surface area contributed by atoms with Gasteiger partial charge in [-0.05, 0) is 87.5 Å². The first-order valence-electron chi connectivity index (χ1n) is 20.7. The van der Waals surface area contributed by atoms with Gasteiger partial charge in [-0.25, -0.2) is 4.98 Å². The molecule has 0 radical (unpaired) electrons. The molecule has 59 heavy (non-hydrogen) atoms. The first kappa shape index (κ1) is 36.6. The van der Waals surface area contributed by atoms with Crippen molar-refractivity contribution in [1.29, 1.82) is 0 Å². The number of hydrogen-bond acceptors (Lipinski definition) is 2. The summed E-state index contributed by atoms with van der Waals surface area (Å²) in [5, 5.41) is 12.8. The molecule has 6 aromatic carbocycles. The predicted octanol–water partition coefficient (Wildman–Crippen LogP) is 13.3. The highest BCUT2D eigenvalue weighted by Gasteiger charge is 2.40. The second-order valence-corrected chi connectivity index (χ2v) is 18.2. The second-order valence-electron chi connectivity index (χ2n) is 18.2. The van der Waals surface area contributed by atoms with Crippen LogP contribution in [-0.2, 0) is 16.2 Å². The highest BCUT2D eigenvalue weighted by molar-refractivity contribution is 6.10. The van der Waals surface area contributed by atoms with Crippen molar-refractivity contribution in [2.75, 3.05) is 0 Å². The van der Waals surface area contributed by atoms with E-state index >= 15 is 0 Å². The van der Waals surface area contributed by atoms with Crippen molar-refractivity contribution < 1.29 is 0 Å². The van der Waals surface area contributed by atoms with Crippen molar-refractivity contribution in [2.45, 2.75) is 64.7 Å². The molecule has 0 aliphatic heterocycles. The zero-order valence-corrected chi connectivity index (χ0v) is 34.9. The average Bonchev–Trinajstić information content (AvgIpc) is 3.92. The number of H-pyrrole nitrogens is 1. The van der Waals surface area contributed by atoms with Gasteiger partial charge in [-0.3, -0.25) is 14.2 Å². The molecule has 4 aromatic heterocycles. The lowest BCUT2D eigenvalue weighted by Gasteiger charge is -2.38. The van der Waals surface area contributed by atoms with E-state index in [1.165, 1.54) is 54.9 Å². The van der Waals surface area contributed by atoms with Crippen LogP contribution in [0.5, 0.6) is 0 Å². The Balaban J connectivity index is 1.36. The minimum Gasteiger partial charge on any atom is -0.294 e. The summed E-state index contributed by atoms with van der Waals surface area (Å²) in [4.78, 5) is 4.90. The average molecular weight is 768 g/mol. The number of rotatable bonds is 6. The number of pyridine rings is 1. The van der Waals surface area contributed by atoms with E-state index in [0.717, 1.165) is 39.4 Å². The molecule has 1 N–H and O–H groups in total. The van der Waals surface area contributed by atoms with Crippen LogP contribution in [0.3, 0.4) is 0 Å². The summed E-state index contributed by atoms with van der Waals surface area (Å²) >= 11 is 0. The number of para-hydroxylation sites is 2. The van der Waals surface area contributed by atoms with E-state index in [9.17, 15) is 0 Å². The van der Waals surface area contributed by atoms with Crippen LogP contribution >= 0.6 is 0 Å². The summed E-state index contributed by atoms with van der Waals surface area (Å²) in [7, 11) is 0. The molecule has 290 valence electrons. The predicted molar refractivity (Wildman–Crippen MR) is 246 cm³/mol.